The van der Waals surface area contributed by atoms with E-state index in [1.54, 1.807) is 34.2 Å². The number of hydrogen-bond donors (Lipinski definition) is 0. The molecule has 6 rings (SSSR count). The first-order valence-electron chi connectivity index (χ1n) is 10.4. The number of halogens is 1. The number of hydrogen-bond acceptors (Lipinski definition) is 4. The molecule has 0 N–H and O–H groups in total. The number of carbonyl (C=O) groups is 2. The van der Waals surface area contributed by atoms with Crippen molar-refractivity contribution in [1.29, 1.82) is 0 Å². The summed E-state index contributed by atoms with van der Waals surface area (Å²) >= 11 is 0. The number of amides is 2. The highest BCUT2D eigenvalue weighted by atomic mass is 19.1. The standard InChI is InChI=1S/C24H19FN4O3/c1-15-12-32-13-18(15)22(30)28-9-10-29-23(31)21-11-19-20(3-2-8-26-19)27(21)14-24(28,29)16-4-6-17(25)7-5-16/h2-8,11-13H,9-10,14H2,1H3. The Morgan fingerprint density at radius 3 is 2.72 bits per heavy atom. The second-order valence-corrected chi connectivity index (χ2v) is 8.23. The molecule has 3 aromatic heterocycles. The van der Waals surface area contributed by atoms with E-state index in [9.17, 15) is 14.0 Å². The fraction of sp³-hybridized carbons (Fsp3) is 0.208. The summed E-state index contributed by atoms with van der Waals surface area (Å²) in [5.41, 5.74) is 2.82. The third kappa shape index (κ3) is 2.37. The molecule has 0 spiro atoms. The molecule has 8 heteroatoms. The van der Waals surface area contributed by atoms with Crippen molar-refractivity contribution in [2.45, 2.75) is 19.1 Å². The van der Waals surface area contributed by atoms with E-state index in [4.69, 9.17) is 4.42 Å². The molecule has 0 radical (unpaired) electrons. The van der Waals surface area contributed by atoms with Crippen LogP contribution in [0.2, 0.25) is 0 Å². The molecule has 5 heterocycles. The van der Waals surface area contributed by atoms with Gasteiger partial charge in [0, 0.05) is 24.8 Å². The average molecular weight is 430 g/mol. The number of aryl methyl sites for hydroxylation is 1. The van der Waals surface area contributed by atoms with E-state index in [1.165, 1.54) is 24.7 Å². The van der Waals surface area contributed by atoms with Gasteiger partial charge in [-0.25, -0.2) is 4.39 Å². The van der Waals surface area contributed by atoms with Crippen molar-refractivity contribution >= 4 is 22.8 Å². The molecule has 1 fully saturated rings. The Morgan fingerprint density at radius 2 is 1.97 bits per heavy atom. The van der Waals surface area contributed by atoms with Gasteiger partial charge in [-0.1, -0.05) is 12.1 Å². The first-order valence-corrected chi connectivity index (χ1v) is 10.4. The summed E-state index contributed by atoms with van der Waals surface area (Å²) in [4.78, 5) is 35.2. The van der Waals surface area contributed by atoms with Crippen molar-refractivity contribution in [2.24, 2.45) is 0 Å². The summed E-state index contributed by atoms with van der Waals surface area (Å²) in [6.07, 6.45) is 4.65. The molecule has 2 aliphatic heterocycles. The van der Waals surface area contributed by atoms with Crippen molar-refractivity contribution in [1.82, 2.24) is 19.4 Å². The van der Waals surface area contributed by atoms with Gasteiger partial charge in [0.2, 0.25) is 0 Å². The van der Waals surface area contributed by atoms with E-state index in [2.05, 4.69) is 4.98 Å². The lowest BCUT2D eigenvalue weighted by molar-refractivity contribution is -0.00521. The van der Waals surface area contributed by atoms with E-state index >= 15 is 0 Å². The fourth-order valence-corrected chi connectivity index (χ4v) is 5.06. The lowest BCUT2D eigenvalue weighted by Gasteiger charge is -2.47. The Bertz CT molecular complexity index is 1390. The number of benzene rings is 1. The molecule has 160 valence electrons. The highest BCUT2D eigenvalue weighted by molar-refractivity contribution is 6.01. The molecular weight excluding hydrogens is 411 g/mol. The Labute approximate surface area is 182 Å². The predicted molar refractivity (Wildman–Crippen MR) is 113 cm³/mol. The molecule has 7 nitrogen and oxygen atoms in total. The minimum Gasteiger partial charge on any atom is -0.471 e. The summed E-state index contributed by atoms with van der Waals surface area (Å²) in [5, 5.41) is 0. The summed E-state index contributed by atoms with van der Waals surface area (Å²) < 4.78 is 21.0. The van der Waals surface area contributed by atoms with E-state index in [0.717, 1.165) is 16.6 Å². The summed E-state index contributed by atoms with van der Waals surface area (Å²) in [6, 6.07) is 11.6. The van der Waals surface area contributed by atoms with Gasteiger partial charge in [-0.15, -0.1) is 0 Å². The first-order chi connectivity index (χ1) is 15.5. The number of carbonyl (C=O) groups excluding carboxylic acids is 2. The Kier molecular flexibility index (Phi) is 3.83. The summed E-state index contributed by atoms with van der Waals surface area (Å²) in [7, 11) is 0. The van der Waals surface area contributed by atoms with E-state index in [0.29, 0.717) is 36.5 Å². The van der Waals surface area contributed by atoms with Crippen LogP contribution in [0.25, 0.3) is 11.0 Å². The molecule has 0 bridgehead atoms. The lowest BCUT2D eigenvalue weighted by atomic mass is 9.93. The number of fused-ring (bicyclic) bond motifs is 4. The molecule has 2 aliphatic rings. The van der Waals surface area contributed by atoms with Gasteiger partial charge in [-0.3, -0.25) is 14.6 Å². The van der Waals surface area contributed by atoms with Crippen LogP contribution < -0.4 is 0 Å². The zero-order chi connectivity index (χ0) is 22.0. The second kappa shape index (κ2) is 6.53. The zero-order valence-electron chi connectivity index (χ0n) is 17.3. The average Bonchev–Trinajstić information content (AvgIpc) is 3.50. The Balaban J connectivity index is 1.59. The number of pyridine rings is 1. The molecule has 2 amide bonds. The highest BCUT2D eigenvalue weighted by Crippen LogP contribution is 2.45. The van der Waals surface area contributed by atoms with Crippen molar-refractivity contribution in [3.63, 3.8) is 0 Å². The number of aromatic nitrogens is 2. The monoisotopic (exact) mass is 430 g/mol. The largest absolute Gasteiger partial charge is 0.471 e. The number of nitrogens with zero attached hydrogens (tertiary/aromatic N) is 4. The SMILES string of the molecule is Cc1cocc1C(=O)N1CCN2C(=O)c3cc4ncccc4n3CC12c1ccc(F)cc1. The third-order valence-corrected chi connectivity index (χ3v) is 6.59. The molecular formula is C24H19FN4O3. The topological polar surface area (TPSA) is 71.6 Å². The second-order valence-electron chi connectivity index (χ2n) is 8.23. The summed E-state index contributed by atoms with van der Waals surface area (Å²) in [6.45, 7) is 2.85. The smallest absolute Gasteiger partial charge is 0.272 e. The normalized spacial score (nSPS) is 20.0. The van der Waals surface area contributed by atoms with Gasteiger partial charge >= 0.3 is 0 Å². The van der Waals surface area contributed by atoms with Crippen LogP contribution in [-0.2, 0) is 12.2 Å². The Hall–Kier alpha value is -3.94. The van der Waals surface area contributed by atoms with Gasteiger partial charge in [-0.05, 0) is 42.8 Å². The lowest BCUT2D eigenvalue weighted by Crippen LogP contribution is -2.60. The highest BCUT2D eigenvalue weighted by Gasteiger charge is 2.56. The van der Waals surface area contributed by atoms with Gasteiger partial charge in [0.1, 0.15) is 17.8 Å². The molecule has 0 aliphatic carbocycles. The van der Waals surface area contributed by atoms with Crippen molar-refractivity contribution in [3.05, 3.63) is 89.4 Å². The maximum absolute atomic E-state index is 13.8. The van der Waals surface area contributed by atoms with Crippen LogP contribution in [-0.4, -0.2) is 44.3 Å². The predicted octanol–water partition coefficient (Wildman–Crippen LogP) is 3.54. The van der Waals surface area contributed by atoms with Crippen LogP contribution in [0.15, 0.2) is 65.6 Å². The minimum absolute atomic E-state index is 0.183. The van der Waals surface area contributed by atoms with Gasteiger partial charge in [0.15, 0.2) is 5.66 Å². The van der Waals surface area contributed by atoms with Gasteiger partial charge in [0.05, 0.1) is 29.4 Å². The van der Waals surface area contributed by atoms with Crippen molar-refractivity contribution < 1.29 is 18.4 Å². The van der Waals surface area contributed by atoms with E-state index in [1.807, 2.05) is 23.6 Å². The molecule has 4 aromatic rings. The molecule has 32 heavy (non-hydrogen) atoms. The number of rotatable bonds is 2. The van der Waals surface area contributed by atoms with Gasteiger partial charge in [0.25, 0.3) is 11.8 Å². The van der Waals surface area contributed by atoms with E-state index < -0.39 is 5.66 Å². The van der Waals surface area contributed by atoms with Crippen LogP contribution in [0.5, 0.6) is 0 Å². The number of furan rings is 1. The van der Waals surface area contributed by atoms with Crippen LogP contribution in [0.3, 0.4) is 0 Å². The molecule has 1 atom stereocenters. The first kappa shape index (κ1) is 18.8. The summed E-state index contributed by atoms with van der Waals surface area (Å²) in [5.74, 6) is -0.789. The van der Waals surface area contributed by atoms with Gasteiger partial charge < -0.3 is 18.8 Å². The Morgan fingerprint density at radius 1 is 1.16 bits per heavy atom. The molecule has 1 aromatic carbocycles. The quantitative estimate of drug-likeness (QED) is 0.488. The molecule has 0 saturated carbocycles. The molecule has 1 unspecified atom stereocenters. The van der Waals surface area contributed by atoms with Crippen LogP contribution in [0.1, 0.15) is 32.0 Å². The van der Waals surface area contributed by atoms with E-state index in [-0.39, 0.29) is 17.6 Å². The zero-order valence-corrected chi connectivity index (χ0v) is 17.3. The maximum Gasteiger partial charge on any atom is 0.272 e. The van der Waals surface area contributed by atoms with Crippen LogP contribution >= 0.6 is 0 Å². The van der Waals surface area contributed by atoms with Crippen molar-refractivity contribution in [2.75, 3.05) is 13.1 Å². The van der Waals surface area contributed by atoms with Crippen LogP contribution in [0, 0.1) is 12.7 Å². The minimum atomic E-state index is -1.10. The molecule has 1 saturated heterocycles. The van der Waals surface area contributed by atoms with Crippen molar-refractivity contribution in [3.8, 4) is 0 Å². The maximum atomic E-state index is 13.8. The third-order valence-electron chi connectivity index (χ3n) is 6.59. The van der Waals surface area contributed by atoms with Gasteiger partial charge in [-0.2, -0.15) is 0 Å². The van der Waals surface area contributed by atoms with Crippen LogP contribution in [0.4, 0.5) is 4.39 Å². The fourth-order valence-electron chi connectivity index (χ4n) is 5.06.